The summed E-state index contributed by atoms with van der Waals surface area (Å²) < 4.78 is 52.6. The zero-order valence-corrected chi connectivity index (χ0v) is 25.8. The number of benzene rings is 3. The van der Waals surface area contributed by atoms with Crippen molar-refractivity contribution >= 4 is 33.3 Å². The lowest BCUT2D eigenvalue weighted by molar-refractivity contribution is -0.134. The number of urea groups is 1. The van der Waals surface area contributed by atoms with Crippen LogP contribution in [-0.2, 0) is 21.2 Å². The van der Waals surface area contributed by atoms with E-state index in [-0.39, 0.29) is 42.8 Å². The number of likely N-dealkylation sites (N-methyl/N-ethyl adjacent to an activating group) is 1. The number of hydrogen-bond acceptors (Lipinski definition) is 7. The summed E-state index contributed by atoms with van der Waals surface area (Å²) in [6.07, 6.45) is -0.774. The highest BCUT2D eigenvalue weighted by atomic mass is 32.2. The van der Waals surface area contributed by atoms with Crippen molar-refractivity contribution in [3.8, 4) is 11.5 Å². The van der Waals surface area contributed by atoms with Crippen LogP contribution >= 0.6 is 0 Å². The third-order valence-corrected chi connectivity index (χ3v) is 9.32. The molecule has 13 heteroatoms. The lowest BCUT2D eigenvalue weighted by Crippen LogP contribution is -2.48. The average molecular weight is 629 g/mol. The quantitative estimate of drug-likeness (QED) is 0.326. The van der Waals surface area contributed by atoms with Crippen LogP contribution in [0, 0.1) is 11.7 Å². The summed E-state index contributed by atoms with van der Waals surface area (Å²) >= 11 is 0. The van der Waals surface area contributed by atoms with Crippen LogP contribution in [0.4, 0.5) is 20.6 Å². The van der Waals surface area contributed by atoms with Crippen molar-refractivity contribution in [2.75, 3.05) is 44.5 Å². The maximum absolute atomic E-state index is 13.5. The molecule has 3 N–H and O–H groups in total. The zero-order chi connectivity index (χ0) is 32.0. The number of aliphatic hydroxyl groups is 1. The number of anilines is 2. The first kappa shape index (κ1) is 32.7. The number of halogens is 1. The molecular weight excluding hydrogens is 591 g/mol. The van der Waals surface area contributed by atoms with E-state index in [1.165, 1.54) is 19.2 Å². The molecule has 0 aromatic heterocycles. The molecule has 4 rings (SSSR count). The summed E-state index contributed by atoms with van der Waals surface area (Å²) in [5.41, 5.74) is 1.44. The second kappa shape index (κ2) is 14.1. The third-order valence-electron chi connectivity index (χ3n) is 7.48. The van der Waals surface area contributed by atoms with E-state index in [0.29, 0.717) is 28.4 Å². The summed E-state index contributed by atoms with van der Waals surface area (Å²) in [4.78, 5) is 27.7. The van der Waals surface area contributed by atoms with E-state index >= 15 is 0 Å². The average Bonchev–Trinajstić information content (AvgIpc) is 3.04. The molecule has 3 atom stereocenters. The van der Waals surface area contributed by atoms with Gasteiger partial charge < -0.3 is 30.1 Å². The van der Waals surface area contributed by atoms with Gasteiger partial charge in [-0.3, -0.25) is 4.79 Å². The number of methoxy groups -OCH3 is 1. The Hall–Kier alpha value is -4.20. The van der Waals surface area contributed by atoms with Crippen LogP contribution in [0.2, 0.25) is 0 Å². The smallest absolute Gasteiger partial charge is 0.323 e. The molecule has 0 saturated heterocycles. The summed E-state index contributed by atoms with van der Waals surface area (Å²) in [5, 5.41) is 15.4. The van der Waals surface area contributed by atoms with Crippen molar-refractivity contribution in [3.63, 3.8) is 0 Å². The Morgan fingerprint density at radius 1 is 1.11 bits per heavy atom. The largest absolute Gasteiger partial charge is 0.497 e. The fraction of sp³-hybridized carbons (Fsp3) is 0.355. The van der Waals surface area contributed by atoms with Gasteiger partial charge in [0.15, 0.2) is 0 Å². The molecule has 44 heavy (non-hydrogen) atoms. The zero-order valence-electron chi connectivity index (χ0n) is 25.0. The molecule has 1 aliphatic heterocycles. The van der Waals surface area contributed by atoms with E-state index in [9.17, 15) is 27.5 Å². The van der Waals surface area contributed by atoms with Gasteiger partial charge in [-0.2, -0.15) is 4.31 Å². The van der Waals surface area contributed by atoms with Gasteiger partial charge in [0.25, 0.3) is 0 Å². The number of amides is 3. The number of sulfonamides is 1. The number of hydrogen-bond donors (Lipinski definition) is 3. The molecule has 1 heterocycles. The Morgan fingerprint density at radius 2 is 1.75 bits per heavy atom. The number of fused-ring (bicyclic) bond motifs is 1. The summed E-state index contributed by atoms with van der Waals surface area (Å²) in [5.74, 6) is -0.142. The van der Waals surface area contributed by atoms with Crippen LogP contribution in [0.15, 0.2) is 71.6 Å². The molecular formula is C31H37FN4O7S. The van der Waals surface area contributed by atoms with Crippen LogP contribution in [0.25, 0.3) is 0 Å². The van der Waals surface area contributed by atoms with Crippen molar-refractivity contribution in [2.45, 2.75) is 37.3 Å². The van der Waals surface area contributed by atoms with Gasteiger partial charge in [0, 0.05) is 36.4 Å². The van der Waals surface area contributed by atoms with Crippen LogP contribution in [-0.4, -0.2) is 80.7 Å². The van der Waals surface area contributed by atoms with Crippen molar-refractivity contribution < 1.29 is 37.0 Å². The van der Waals surface area contributed by atoms with E-state index in [4.69, 9.17) is 9.47 Å². The molecule has 3 aromatic rings. The SMILES string of the molecule is COc1ccc(NC(=O)Nc2ccc3c(c2)CC(=O)N([C@@H](C)CO)C[C@H](C)[C@@H](CN(C)S(=O)(=O)c2ccc(F)cc2)O3)cc1. The predicted octanol–water partition coefficient (Wildman–Crippen LogP) is 3.95. The first-order chi connectivity index (χ1) is 20.9. The highest BCUT2D eigenvalue weighted by molar-refractivity contribution is 7.89. The number of carbonyl (C=O) groups excluding carboxylic acids is 2. The maximum Gasteiger partial charge on any atom is 0.323 e. The molecule has 11 nitrogen and oxygen atoms in total. The number of nitrogens with one attached hydrogen (secondary N) is 2. The van der Waals surface area contributed by atoms with Crippen molar-refractivity contribution in [1.29, 1.82) is 0 Å². The first-order valence-electron chi connectivity index (χ1n) is 14.0. The molecule has 1 aliphatic rings. The summed E-state index contributed by atoms with van der Waals surface area (Å²) in [6.45, 7) is 3.45. The molecule has 236 valence electrons. The standard InChI is InChI=1S/C31H37FN4O7S/c1-20-17-36(21(2)19-37)30(38)16-22-15-25(34-31(39)33-24-7-10-26(42-4)11-8-24)9-14-28(22)43-29(20)18-35(3)44(40,41)27-12-5-23(32)6-13-27/h5-15,20-21,29,37H,16-19H2,1-4H3,(H2,33,34,39)/t20-,21-,29+/m0/s1. The van der Waals surface area contributed by atoms with Gasteiger partial charge in [0.2, 0.25) is 15.9 Å². The third kappa shape index (κ3) is 7.84. The topological polar surface area (TPSA) is 138 Å². The Bertz CT molecular complexity index is 1570. The highest BCUT2D eigenvalue weighted by Crippen LogP contribution is 2.30. The number of rotatable bonds is 9. The van der Waals surface area contributed by atoms with E-state index in [1.54, 1.807) is 61.4 Å². The Labute approximate surface area is 256 Å². The Kier molecular flexibility index (Phi) is 10.4. The first-order valence-corrected chi connectivity index (χ1v) is 15.5. The molecule has 0 aliphatic carbocycles. The fourth-order valence-corrected chi connectivity index (χ4v) is 6.01. The van der Waals surface area contributed by atoms with Gasteiger partial charge >= 0.3 is 6.03 Å². The lowest BCUT2D eigenvalue weighted by Gasteiger charge is -2.33. The number of aliphatic hydroxyl groups excluding tert-OH is 1. The molecule has 0 bridgehead atoms. The number of carbonyl (C=O) groups is 2. The molecule has 0 fully saturated rings. The van der Waals surface area contributed by atoms with Crippen molar-refractivity contribution in [1.82, 2.24) is 9.21 Å². The van der Waals surface area contributed by atoms with E-state index in [0.717, 1.165) is 16.4 Å². The van der Waals surface area contributed by atoms with Crippen molar-refractivity contribution in [3.05, 3.63) is 78.1 Å². The number of ether oxygens (including phenoxy) is 2. The monoisotopic (exact) mass is 628 g/mol. The fourth-order valence-electron chi connectivity index (χ4n) is 4.83. The molecule has 0 saturated carbocycles. The minimum Gasteiger partial charge on any atom is -0.497 e. The molecule has 0 unspecified atom stereocenters. The second-order valence-corrected chi connectivity index (χ2v) is 12.8. The predicted molar refractivity (Wildman–Crippen MR) is 164 cm³/mol. The Morgan fingerprint density at radius 3 is 2.39 bits per heavy atom. The summed E-state index contributed by atoms with van der Waals surface area (Å²) in [7, 11) is -1.02. The van der Waals surface area contributed by atoms with Gasteiger partial charge in [-0.05, 0) is 73.7 Å². The minimum absolute atomic E-state index is 0.0631. The van der Waals surface area contributed by atoms with E-state index in [2.05, 4.69) is 10.6 Å². The molecule has 0 radical (unpaired) electrons. The van der Waals surface area contributed by atoms with Crippen LogP contribution in [0.5, 0.6) is 11.5 Å². The van der Waals surface area contributed by atoms with Gasteiger partial charge in [-0.1, -0.05) is 6.92 Å². The summed E-state index contributed by atoms with van der Waals surface area (Å²) in [6, 6.07) is 15.3. The maximum atomic E-state index is 13.5. The van der Waals surface area contributed by atoms with Gasteiger partial charge in [-0.15, -0.1) is 0 Å². The number of nitrogens with zero attached hydrogens (tertiary/aromatic N) is 2. The molecule has 0 spiro atoms. The Balaban J connectivity index is 1.60. The lowest BCUT2D eigenvalue weighted by atomic mass is 10.0. The van der Waals surface area contributed by atoms with Crippen LogP contribution in [0.3, 0.4) is 0 Å². The molecule has 3 amide bonds. The van der Waals surface area contributed by atoms with E-state index < -0.39 is 34.0 Å². The normalized spacial score (nSPS) is 17.9. The second-order valence-electron chi connectivity index (χ2n) is 10.8. The van der Waals surface area contributed by atoms with Crippen LogP contribution < -0.4 is 20.1 Å². The highest BCUT2D eigenvalue weighted by Gasteiger charge is 2.33. The van der Waals surface area contributed by atoms with Gasteiger partial charge in [0.05, 0.1) is 37.6 Å². The molecule has 3 aromatic carbocycles. The van der Waals surface area contributed by atoms with Gasteiger partial charge in [-0.25, -0.2) is 17.6 Å². The minimum atomic E-state index is -3.98. The van der Waals surface area contributed by atoms with Crippen molar-refractivity contribution in [2.24, 2.45) is 5.92 Å². The van der Waals surface area contributed by atoms with Gasteiger partial charge in [0.1, 0.15) is 23.4 Å². The van der Waals surface area contributed by atoms with Crippen LogP contribution in [0.1, 0.15) is 19.4 Å². The van der Waals surface area contributed by atoms with E-state index in [1.807, 2.05) is 6.92 Å².